The molecule has 0 atom stereocenters. The number of hydrogen-bond acceptors (Lipinski definition) is 3. The molecule has 0 saturated heterocycles. The molecule has 0 unspecified atom stereocenters. The second-order valence-electron chi connectivity index (χ2n) is 5.09. The van der Waals surface area contributed by atoms with Crippen molar-refractivity contribution in [3.63, 3.8) is 0 Å². The van der Waals surface area contributed by atoms with Gasteiger partial charge in [-0.2, -0.15) is 0 Å². The van der Waals surface area contributed by atoms with Gasteiger partial charge in [-0.3, -0.25) is 14.6 Å². The molecule has 0 fully saturated rings. The van der Waals surface area contributed by atoms with Crippen molar-refractivity contribution in [3.8, 4) is 0 Å². The van der Waals surface area contributed by atoms with E-state index in [-0.39, 0.29) is 11.8 Å². The molecule has 3 aromatic rings. The summed E-state index contributed by atoms with van der Waals surface area (Å²) in [6, 6.07) is 16.1. The Labute approximate surface area is 133 Å². The molecule has 114 valence electrons. The van der Waals surface area contributed by atoms with Gasteiger partial charge in [-0.05, 0) is 42.5 Å². The maximum absolute atomic E-state index is 12.5. The second kappa shape index (κ2) is 6.27. The van der Waals surface area contributed by atoms with Crippen LogP contribution in [0.25, 0.3) is 10.9 Å². The van der Waals surface area contributed by atoms with E-state index in [1.807, 2.05) is 18.2 Å². The molecule has 0 saturated carbocycles. The van der Waals surface area contributed by atoms with E-state index in [1.54, 1.807) is 42.6 Å². The molecule has 3 rings (SSSR count). The fourth-order valence-electron chi connectivity index (χ4n) is 2.34. The number of benzene rings is 2. The van der Waals surface area contributed by atoms with Gasteiger partial charge < -0.3 is 10.6 Å². The normalized spacial score (nSPS) is 10.3. The highest BCUT2D eigenvalue weighted by atomic mass is 16.2. The molecular formula is C18H15N3O2. The number of fused-ring (bicyclic) bond motifs is 1. The van der Waals surface area contributed by atoms with E-state index in [2.05, 4.69) is 15.6 Å². The monoisotopic (exact) mass is 305 g/mol. The van der Waals surface area contributed by atoms with Gasteiger partial charge in [0.2, 0.25) is 5.91 Å². The van der Waals surface area contributed by atoms with Gasteiger partial charge in [-0.25, -0.2) is 0 Å². The van der Waals surface area contributed by atoms with E-state index in [4.69, 9.17) is 0 Å². The first-order valence-corrected chi connectivity index (χ1v) is 7.16. The SMILES string of the molecule is CC(=O)Nc1ccc(NC(=O)c2cccc3ncccc23)cc1. The van der Waals surface area contributed by atoms with Crippen LogP contribution < -0.4 is 10.6 Å². The average Bonchev–Trinajstić information content (AvgIpc) is 2.55. The summed E-state index contributed by atoms with van der Waals surface area (Å²) in [4.78, 5) is 27.7. The summed E-state index contributed by atoms with van der Waals surface area (Å²) in [5, 5.41) is 6.34. The zero-order valence-corrected chi connectivity index (χ0v) is 12.5. The van der Waals surface area contributed by atoms with E-state index < -0.39 is 0 Å². The van der Waals surface area contributed by atoms with Gasteiger partial charge in [0.15, 0.2) is 0 Å². The first kappa shape index (κ1) is 14.7. The third kappa shape index (κ3) is 3.35. The molecule has 0 aliphatic carbocycles. The average molecular weight is 305 g/mol. The summed E-state index contributed by atoms with van der Waals surface area (Å²) < 4.78 is 0. The molecule has 2 aromatic carbocycles. The second-order valence-corrected chi connectivity index (χ2v) is 5.09. The number of amides is 2. The highest BCUT2D eigenvalue weighted by Crippen LogP contribution is 2.19. The maximum Gasteiger partial charge on any atom is 0.256 e. The van der Waals surface area contributed by atoms with Crippen LogP contribution in [-0.4, -0.2) is 16.8 Å². The van der Waals surface area contributed by atoms with Crippen molar-refractivity contribution in [3.05, 3.63) is 66.4 Å². The third-order valence-electron chi connectivity index (χ3n) is 3.35. The van der Waals surface area contributed by atoms with E-state index in [0.717, 1.165) is 10.9 Å². The number of anilines is 2. The zero-order valence-electron chi connectivity index (χ0n) is 12.5. The lowest BCUT2D eigenvalue weighted by Crippen LogP contribution is -2.12. The van der Waals surface area contributed by atoms with E-state index in [9.17, 15) is 9.59 Å². The predicted octanol–water partition coefficient (Wildman–Crippen LogP) is 3.45. The minimum atomic E-state index is -0.198. The number of carbonyl (C=O) groups excluding carboxylic acids is 2. The molecule has 0 aliphatic rings. The molecule has 5 heteroatoms. The summed E-state index contributed by atoms with van der Waals surface area (Å²) >= 11 is 0. The molecular weight excluding hydrogens is 290 g/mol. The van der Waals surface area contributed by atoms with E-state index in [1.165, 1.54) is 6.92 Å². The lowest BCUT2D eigenvalue weighted by Gasteiger charge is -2.09. The van der Waals surface area contributed by atoms with Gasteiger partial charge in [0.25, 0.3) is 5.91 Å². The first-order valence-electron chi connectivity index (χ1n) is 7.16. The Hall–Kier alpha value is -3.21. The Balaban J connectivity index is 1.82. The van der Waals surface area contributed by atoms with E-state index >= 15 is 0 Å². The van der Waals surface area contributed by atoms with Crippen molar-refractivity contribution in [1.29, 1.82) is 0 Å². The Morgan fingerprint density at radius 2 is 1.57 bits per heavy atom. The molecule has 0 aliphatic heterocycles. The fraction of sp³-hybridized carbons (Fsp3) is 0.0556. The summed E-state index contributed by atoms with van der Waals surface area (Å²) in [6.07, 6.45) is 1.70. The Kier molecular flexibility index (Phi) is 4.01. The highest BCUT2D eigenvalue weighted by molar-refractivity contribution is 6.12. The zero-order chi connectivity index (χ0) is 16.2. The molecule has 5 nitrogen and oxygen atoms in total. The molecule has 0 radical (unpaired) electrons. The van der Waals surface area contributed by atoms with Crippen molar-refractivity contribution in [1.82, 2.24) is 4.98 Å². The van der Waals surface area contributed by atoms with Crippen LogP contribution in [0.5, 0.6) is 0 Å². The van der Waals surface area contributed by atoms with Crippen LogP contribution in [0.4, 0.5) is 11.4 Å². The van der Waals surface area contributed by atoms with Crippen molar-refractivity contribution >= 4 is 34.1 Å². The molecule has 2 amide bonds. The van der Waals surface area contributed by atoms with Crippen LogP contribution in [0, 0.1) is 0 Å². The van der Waals surface area contributed by atoms with Gasteiger partial charge in [-0.1, -0.05) is 12.1 Å². The number of hydrogen-bond donors (Lipinski definition) is 2. The van der Waals surface area contributed by atoms with Gasteiger partial charge in [0, 0.05) is 35.4 Å². The van der Waals surface area contributed by atoms with Crippen LogP contribution in [0.15, 0.2) is 60.8 Å². The summed E-state index contributed by atoms with van der Waals surface area (Å²) in [7, 11) is 0. The van der Waals surface area contributed by atoms with Gasteiger partial charge in [0.05, 0.1) is 5.52 Å². The minimum absolute atomic E-state index is 0.134. The standard InChI is InChI=1S/C18H15N3O2/c1-12(22)20-13-7-9-14(10-8-13)21-18(23)16-4-2-6-17-15(16)5-3-11-19-17/h2-11H,1H3,(H,20,22)(H,21,23). The molecule has 0 spiro atoms. The lowest BCUT2D eigenvalue weighted by molar-refractivity contribution is -0.114. The Bertz CT molecular complexity index is 868. The van der Waals surface area contributed by atoms with Crippen LogP contribution in [0.2, 0.25) is 0 Å². The van der Waals surface area contributed by atoms with Crippen LogP contribution in [-0.2, 0) is 4.79 Å². The van der Waals surface area contributed by atoms with Crippen molar-refractivity contribution in [2.45, 2.75) is 6.92 Å². The van der Waals surface area contributed by atoms with Crippen LogP contribution >= 0.6 is 0 Å². The predicted molar refractivity (Wildman–Crippen MR) is 90.4 cm³/mol. The smallest absolute Gasteiger partial charge is 0.256 e. The summed E-state index contributed by atoms with van der Waals surface area (Å²) in [5.74, 6) is -0.332. The van der Waals surface area contributed by atoms with Crippen LogP contribution in [0.3, 0.4) is 0 Å². The van der Waals surface area contributed by atoms with Crippen molar-refractivity contribution in [2.24, 2.45) is 0 Å². The largest absolute Gasteiger partial charge is 0.326 e. The molecule has 1 heterocycles. The molecule has 23 heavy (non-hydrogen) atoms. The maximum atomic E-state index is 12.5. The highest BCUT2D eigenvalue weighted by Gasteiger charge is 2.10. The number of carbonyl (C=O) groups is 2. The molecule has 1 aromatic heterocycles. The lowest BCUT2D eigenvalue weighted by atomic mass is 10.1. The quantitative estimate of drug-likeness (QED) is 0.778. The van der Waals surface area contributed by atoms with E-state index in [0.29, 0.717) is 16.9 Å². The summed E-state index contributed by atoms with van der Waals surface area (Å²) in [6.45, 7) is 1.45. The van der Waals surface area contributed by atoms with Gasteiger partial charge >= 0.3 is 0 Å². The first-order chi connectivity index (χ1) is 11.1. The van der Waals surface area contributed by atoms with Gasteiger partial charge in [0.1, 0.15) is 0 Å². The molecule has 2 N–H and O–H groups in total. The number of pyridine rings is 1. The minimum Gasteiger partial charge on any atom is -0.326 e. The van der Waals surface area contributed by atoms with Crippen molar-refractivity contribution < 1.29 is 9.59 Å². The fourth-order valence-corrected chi connectivity index (χ4v) is 2.34. The van der Waals surface area contributed by atoms with Gasteiger partial charge in [-0.15, -0.1) is 0 Å². The number of nitrogens with one attached hydrogen (secondary N) is 2. The number of rotatable bonds is 3. The number of nitrogens with zero attached hydrogens (tertiary/aromatic N) is 1. The Morgan fingerprint density at radius 1 is 0.870 bits per heavy atom. The van der Waals surface area contributed by atoms with Crippen molar-refractivity contribution in [2.75, 3.05) is 10.6 Å². The molecule has 0 bridgehead atoms. The van der Waals surface area contributed by atoms with Crippen LogP contribution in [0.1, 0.15) is 17.3 Å². The summed E-state index contributed by atoms with van der Waals surface area (Å²) in [5.41, 5.74) is 2.69. The Morgan fingerprint density at radius 3 is 2.26 bits per heavy atom. The third-order valence-corrected chi connectivity index (χ3v) is 3.35. The topological polar surface area (TPSA) is 71.1 Å². The number of aromatic nitrogens is 1.